The van der Waals surface area contributed by atoms with Crippen LogP contribution in [0, 0.1) is 13.8 Å². The molecule has 5 nitrogen and oxygen atoms in total. The normalized spacial score (nSPS) is 16.0. The van der Waals surface area contributed by atoms with Crippen LogP contribution in [-0.2, 0) is 13.0 Å². The monoisotopic (exact) mass is 398 g/mol. The number of para-hydroxylation sites is 1. The molecule has 2 heterocycles. The van der Waals surface area contributed by atoms with Gasteiger partial charge in [-0.15, -0.1) is 0 Å². The van der Waals surface area contributed by atoms with Crippen molar-refractivity contribution in [3.8, 4) is 5.69 Å². The van der Waals surface area contributed by atoms with E-state index in [0.29, 0.717) is 6.54 Å². The molecule has 4 aromatic rings. The molecule has 0 spiro atoms. The van der Waals surface area contributed by atoms with E-state index in [-0.39, 0.29) is 11.5 Å². The number of rotatable bonds is 4. The maximum Gasteiger partial charge on any atom is 0.189 e. The van der Waals surface area contributed by atoms with Crippen molar-refractivity contribution in [3.63, 3.8) is 0 Å². The Balaban J connectivity index is 1.42. The molecule has 152 valence electrons. The smallest absolute Gasteiger partial charge is 0.189 e. The molecule has 0 aliphatic heterocycles. The van der Waals surface area contributed by atoms with Gasteiger partial charge in [-0.25, -0.2) is 4.68 Å². The molecule has 0 amide bonds. The maximum absolute atomic E-state index is 12.4. The summed E-state index contributed by atoms with van der Waals surface area (Å²) < 4.78 is 2.11. The van der Waals surface area contributed by atoms with Crippen molar-refractivity contribution in [2.45, 2.75) is 45.7 Å². The number of nitrogens with one attached hydrogen (secondary N) is 2. The molecule has 0 saturated heterocycles. The Kier molecular flexibility index (Phi) is 4.75. The first-order chi connectivity index (χ1) is 14.6. The molecule has 1 aliphatic rings. The summed E-state index contributed by atoms with van der Waals surface area (Å²) >= 11 is 0. The van der Waals surface area contributed by atoms with Crippen LogP contribution in [0.4, 0.5) is 0 Å². The van der Waals surface area contributed by atoms with Crippen LogP contribution in [0.25, 0.3) is 16.6 Å². The van der Waals surface area contributed by atoms with E-state index in [4.69, 9.17) is 5.10 Å². The van der Waals surface area contributed by atoms with Crippen LogP contribution in [0.15, 0.2) is 59.5 Å². The van der Waals surface area contributed by atoms with Crippen LogP contribution in [0.5, 0.6) is 0 Å². The van der Waals surface area contributed by atoms with Gasteiger partial charge in [-0.1, -0.05) is 24.3 Å². The Morgan fingerprint density at radius 3 is 2.93 bits per heavy atom. The number of H-pyrrole nitrogens is 1. The summed E-state index contributed by atoms with van der Waals surface area (Å²) in [5.41, 5.74) is 8.13. The molecular weight excluding hydrogens is 372 g/mol. The van der Waals surface area contributed by atoms with E-state index in [1.165, 1.54) is 22.4 Å². The second-order valence-electron chi connectivity index (χ2n) is 8.21. The first-order valence-electron chi connectivity index (χ1n) is 10.6. The zero-order chi connectivity index (χ0) is 20.7. The molecule has 2 aromatic heterocycles. The van der Waals surface area contributed by atoms with Crippen molar-refractivity contribution < 1.29 is 0 Å². The van der Waals surface area contributed by atoms with Gasteiger partial charge in [0.15, 0.2) is 5.43 Å². The lowest BCUT2D eigenvalue weighted by Gasteiger charge is -2.25. The Bertz CT molecular complexity index is 1280. The molecule has 30 heavy (non-hydrogen) atoms. The van der Waals surface area contributed by atoms with Crippen LogP contribution < -0.4 is 10.7 Å². The first-order valence-corrected chi connectivity index (χ1v) is 10.6. The topological polar surface area (TPSA) is 62.7 Å². The predicted molar refractivity (Wildman–Crippen MR) is 120 cm³/mol. The molecular formula is C25H26N4O. The average molecular weight is 399 g/mol. The van der Waals surface area contributed by atoms with Gasteiger partial charge >= 0.3 is 0 Å². The number of benzene rings is 2. The van der Waals surface area contributed by atoms with Crippen LogP contribution in [0.1, 0.15) is 47.0 Å². The van der Waals surface area contributed by atoms with E-state index in [1.54, 1.807) is 6.07 Å². The molecule has 1 atom stereocenters. The Hall–Kier alpha value is -3.18. The summed E-state index contributed by atoms with van der Waals surface area (Å²) in [5, 5.41) is 9.13. The minimum atomic E-state index is 0.0632. The lowest BCUT2D eigenvalue weighted by Crippen LogP contribution is -2.26. The minimum absolute atomic E-state index is 0.0632. The van der Waals surface area contributed by atoms with Gasteiger partial charge in [0, 0.05) is 46.5 Å². The van der Waals surface area contributed by atoms with E-state index in [1.807, 2.05) is 30.5 Å². The zero-order valence-corrected chi connectivity index (χ0v) is 17.4. The van der Waals surface area contributed by atoms with Crippen molar-refractivity contribution in [1.82, 2.24) is 20.1 Å². The van der Waals surface area contributed by atoms with Crippen LogP contribution in [-0.4, -0.2) is 14.8 Å². The second kappa shape index (κ2) is 7.58. The number of aromatic nitrogens is 3. The highest BCUT2D eigenvalue weighted by molar-refractivity contribution is 5.78. The molecule has 1 aliphatic carbocycles. The quantitative estimate of drug-likeness (QED) is 0.532. The Morgan fingerprint density at radius 2 is 2.03 bits per heavy atom. The number of hydrogen-bond acceptors (Lipinski definition) is 3. The van der Waals surface area contributed by atoms with Crippen molar-refractivity contribution in [2.24, 2.45) is 0 Å². The molecule has 2 N–H and O–H groups in total. The second-order valence-corrected chi connectivity index (χ2v) is 8.21. The fraction of sp³-hybridized carbons (Fsp3) is 0.280. The van der Waals surface area contributed by atoms with Gasteiger partial charge in [0.05, 0.1) is 11.9 Å². The number of nitrogens with zero attached hydrogens (tertiary/aromatic N) is 2. The maximum atomic E-state index is 12.4. The third kappa shape index (κ3) is 3.25. The number of hydrogen-bond donors (Lipinski definition) is 2. The lowest BCUT2D eigenvalue weighted by molar-refractivity contribution is 0.452. The summed E-state index contributed by atoms with van der Waals surface area (Å²) in [4.78, 5) is 15.8. The highest BCUT2D eigenvalue weighted by Crippen LogP contribution is 2.32. The van der Waals surface area contributed by atoms with Crippen molar-refractivity contribution >= 4 is 10.9 Å². The molecule has 5 heteroatoms. The Labute approximate surface area is 175 Å². The summed E-state index contributed by atoms with van der Waals surface area (Å²) in [6.45, 7) is 4.93. The van der Waals surface area contributed by atoms with E-state index < -0.39 is 0 Å². The number of fused-ring (bicyclic) bond motifs is 2. The van der Waals surface area contributed by atoms with Crippen LogP contribution in [0.2, 0.25) is 0 Å². The third-order valence-electron chi connectivity index (χ3n) is 6.32. The first kappa shape index (κ1) is 18.8. The van der Waals surface area contributed by atoms with E-state index in [0.717, 1.165) is 41.5 Å². The van der Waals surface area contributed by atoms with Crippen molar-refractivity contribution in [2.75, 3.05) is 0 Å². The van der Waals surface area contributed by atoms with Gasteiger partial charge in [-0.3, -0.25) is 4.79 Å². The molecule has 0 bridgehead atoms. The van der Waals surface area contributed by atoms with Gasteiger partial charge in [0.25, 0.3) is 0 Å². The van der Waals surface area contributed by atoms with Crippen molar-refractivity contribution in [3.05, 3.63) is 93.0 Å². The SMILES string of the molecule is Cc1cccc(-n2ncc3c2CCCC3NCc2cc(=O)c3ccccc3[nH]2)c1C. The largest absolute Gasteiger partial charge is 0.357 e. The number of pyridine rings is 1. The lowest BCUT2D eigenvalue weighted by atomic mass is 9.92. The standard InChI is InChI=1S/C25H26N4O/c1-16-7-5-11-23(17(16)2)29-24-12-6-10-21(20(24)15-27-29)26-14-18-13-25(30)19-8-3-4-9-22(19)28-18/h3-5,7-9,11,13,15,21,26H,6,10,12,14H2,1-2H3,(H,28,30). The summed E-state index contributed by atoms with van der Waals surface area (Å²) in [7, 11) is 0. The molecule has 0 radical (unpaired) electrons. The fourth-order valence-corrected chi connectivity index (χ4v) is 4.52. The van der Waals surface area contributed by atoms with Gasteiger partial charge < -0.3 is 10.3 Å². The highest BCUT2D eigenvalue weighted by atomic mass is 16.1. The Morgan fingerprint density at radius 1 is 1.17 bits per heavy atom. The van der Waals surface area contributed by atoms with E-state index in [2.05, 4.69) is 47.0 Å². The van der Waals surface area contributed by atoms with Crippen LogP contribution >= 0.6 is 0 Å². The molecule has 1 unspecified atom stereocenters. The van der Waals surface area contributed by atoms with Crippen molar-refractivity contribution in [1.29, 1.82) is 0 Å². The van der Waals surface area contributed by atoms with E-state index >= 15 is 0 Å². The zero-order valence-electron chi connectivity index (χ0n) is 17.4. The molecule has 0 fully saturated rings. The molecule has 2 aromatic carbocycles. The fourth-order valence-electron chi connectivity index (χ4n) is 4.52. The van der Waals surface area contributed by atoms with Gasteiger partial charge in [-0.2, -0.15) is 5.10 Å². The minimum Gasteiger partial charge on any atom is -0.357 e. The highest BCUT2D eigenvalue weighted by Gasteiger charge is 2.25. The summed E-state index contributed by atoms with van der Waals surface area (Å²) in [6, 6.07) is 16.0. The van der Waals surface area contributed by atoms with Crippen LogP contribution in [0.3, 0.4) is 0 Å². The van der Waals surface area contributed by atoms with Gasteiger partial charge in [0.1, 0.15) is 0 Å². The van der Waals surface area contributed by atoms with Gasteiger partial charge in [-0.05, 0) is 62.4 Å². The molecule has 5 rings (SSSR count). The summed E-state index contributed by atoms with van der Waals surface area (Å²) in [6.07, 6.45) is 5.24. The molecule has 0 saturated carbocycles. The number of aryl methyl sites for hydroxylation is 1. The van der Waals surface area contributed by atoms with E-state index in [9.17, 15) is 4.79 Å². The summed E-state index contributed by atoms with van der Waals surface area (Å²) in [5.74, 6) is 0. The number of aromatic amines is 1. The third-order valence-corrected chi connectivity index (χ3v) is 6.32. The van der Waals surface area contributed by atoms with Gasteiger partial charge in [0.2, 0.25) is 0 Å². The average Bonchev–Trinajstić information content (AvgIpc) is 3.19. The predicted octanol–water partition coefficient (Wildman–Crippen LogP) is 4.50.